The lowest BCUT2D eigenvalue weighted by atomic mass is 9.83. The molecule has 2 heterocycles. The van der Waals surface area contributed by atoms with Gasteiger partial charge < -0.3 is 4.90 Å². The zero-order valence-corrected chi connectivity index (χ0v) is 13.7. The Morgan fingerprint density at radius 2 is 2.13 bits per heavy atom. The first kappa shape index (κ1) is 15.7. The molecule has 23 heavy (non-hydrogen) atoms. The Labute approximate surface area is 137 Å². The first-order chi connectivity index (χ1) is 11.1. The first-order valence-corrected chi connectivity index (χ1v) is 8.29. The smallest absolute Gasteiger partial charge is 0.224 e. The van der Waals surface area contributed by atoms with E-state index < -0.39 is 0 Å². The highest BCUT2D eigenvalue weighted by atomic mass is 16.2. The van der Waals surface area contributed by atoms with Crippen molar-refractivity contribution in [1.29, 1.82) is 0 Å². The normalized spacial score (nSPS) is 20.8. The van der Waals surface area contributed by atoms with Gasteiger partial charge in [0, 0.05) is 19.5 Å². The van der Waals surface area contributed by atoms with Gasteiger partial charge in [0.15, 0.2) is 0 Å². The molecule has 0 radical (unpaired) electrons. The van der Waals surface area contributed by atoms with Gasteiger partial charge in [-0.25, -0.2) is 4.98 Å². The summed E-state index contributed by atoms with van der Waals surface area (Å²) in [5, 5.41) is 4.04. The molecule has 0 bridgehead atoms. The number of aryl methyl sites for hydroxylation is 2. The van der Waals surface area contributed by atoms with Crippen molar-refractivity contribution in [3.05, 3.63) is 48.5 Å². The van der Waals surface area contributed by atoms with Crippen LogP contribution >= 0.6 is 0 Å². The summed E-state index contributed by atoms with van der Waals surface area (Å²) in [6.45, 7) is 4.66. The van der Waals surface area contributed by atoms with Crippen LogP contribution in [0.5, 0.6) is 0 Å². The van der Waals surface area contributed by atoms with Gasteiger partial charge in [0.2, 0.25) is 5.91 Å². The Morgan fingerprint density at radius 3 is 2.87 bits per heavy atom. The van der Waals surface area contributed by atoms with Gasteiger partial charge in [0.1, 0.15) is 12.7 Å². The second kappa shape index (κ2) is 6.94. The number of nitrogens with zero attached hydrogens (tertiary/aromatic N) is 4. The zero-order valence-electron chi connectivity index (χ0n) is 13.7. The third-order valence-corrected chi connectivity index (χ3v) is 4.79. The van der Waals surface area contributed by atoms with E-state index >= 15 is 0 Å². The molecular formula is C18H24N4O. The molecule has 5 nitrogen and oxygen atoms in total. The molecule has 5 heteroatoms. The van der Waals surface area contributed by atoms with Crippen molar-refractivity contribution in [2.24, 2.45) is 5.41 Å². The molecule has 122 valence electrons. The van der Waals surface area contributed by atoms with Crippen LogP contribution in [0.2, 0.25) is 0 Å². The van der Waals surface area contributed by atoms with E-state index in [2.05, 4.69) is 47.3 Å². The molecule has 3 rings (SSSR count). The van der Waals surface area contributed by atoms with Gasteiger partial charge in [0.05, 0.1) is 6.54 Å². The monoisotopic (exact) mass is 312 g/mol. The summed E-state index contributed by atoms with van der Waals surface area (Å²) in [4.78, 5) is 18.3. The Bertz CT molecular complexity index is 626. The highest BCUT2D eigenvalue weighted by Crippen LogP contribution is 2.34. The molecule has 0 N–H and O–H groups in total. The van der Waals surface area contributed by atoms with Crippen molar-refractivity contribution in [2.45, 2.75) is 39.2 Å². The van der Waals surface area contributed by atoms with Crippen molar-refractivity contribution in [2.75, 3.05) is 13.1 Å². The number of benzene rings is 1. The highest BCUT2D eigenvalue weighted by Gasteiger charge is 2.35. The Hall–Kier alpha value is -2.17. The summed E-state index contributed by atoms with van der Waals surface area (Å²) in [5.41, 5.74) is 1.61. The van der Waals surface area contributed by atoms with Gasteiger partial charge in [0.25, 0.3) is 0 Å². The minimum absolute atomic E-state index is 0.226. The summed E-state index contributed by atoms with van der Waals surface area (Å²) in [6, 6.07) is 10.6. The van der Waals surface area contributed by atoms with Crippen LogP contribution in [0.15, 0.2) is 43.0 Å². The molecular weight excluding hydrogens is 288 g/mol. The third-order valence-electron chi connectivity index (χ3n) is 4.79. The van der Waals surface area contributed by atoms with E-state index in [1.54, 1.807) is 11.0 Å². The quantitative estimate of drug-likeness (QED) is 0.823. The lowest BCUT2D eigenvalue weighted by Gasteiger charge is -2.24. The standard InChI is InChI=1S/C18H24N4O/c1-18(9-7-16-5-3-2-4-6-16)10-12-21(13-18)17(23)8-11-22-15-19-14-20-22/h2-6,14-15H,7-13H2,1H3/t18-/m1/s1. The summed E-state index contributed by atoms with van der Waals surface area (Å²) in [5.74, 6) is 0.226. The third kappa shape index (κ3) is 4.18. The summed E-state index contributed by atoms with van der Waals surface area (Å²) in [6.07, 6.45) is 6.96. The summed E-state index contributed by atoms with van der Waals surface area (Å²) >= 11 is 0. The van der Waals surface area contributed by atoms with E-state index in [-0.39, 0.29) is 11.3 Å². The molecule has 1 fully saturated rings. The minimum Gasteiger partial charge on any atom is -0.342 e. The van der Waals surface area contributed by atoms with E-state index in [0.717, 1.165) is 32.4 Å². The number of amides is 1. The molecule has 0 spiro atoms. The maximum Gasteiger partial charge on any atom is 0.224 e. The van der Waals surface area contributed by atoms with E-state index in [9.17, 15) is 4.79 Å². The second-order valence-corrected chi connectivity index (χ2v) is 6.77. The van der Waals surface area contributed by atoms with Gasteiger partial charge in [-0.1, -0.05) is 37.3 Å². The number of carbonyl (C=O) groups excluding carboxylic acids is 1. The van der Waals surface area contributed by atoms with E-state index in [1.807, 2.05) is 4.90 Å². The topological polar surface area (TPSA) is 51.0 Å². The maximum atomic E-state index is 12.4. The van der Waals surface area contributed by atoms with Crippen LogP contribution in [0.1, 0.15) is 31.7 Å². The SMILES string of the molecule is C[C@@]1(CCc2ccccc2)CCN(C(=O)CCn2cncn2)C1. The fourth-order valence-corrected chi connectivity index (χ4v) is 3.25. The number of hydrogen-bond donors (Lipinski definition) is 0. The fourth-order valence-electron chi connectivity index (χ4n) is 3.25. The molecule has 1 saturated heterocycles. The van der Waals surface area contributed by atoms with Crippen molar-refractivity contribution < 1.29 is 4.79 Å². The predicted molar refractivity (Wildman–Crippen MR) is 88.7 cm³/mol. The lowest BCUT2D eigenvalue weighted by molar-refractivity contribution is -0.130. The van der Waals surface area contributed by atoms with Crippen LogP contribution in [-0.4, -0.2) is 38.7 Å². The fraction of sp³-hybridized carbons (Fsp3) is 0.500. The minimum atomic E-state index is 0.226. The van der Waals surface area contributed by atoms with Crippen molar-refractivity contribution in [3.63, 3.8) is 0 Å². The molecule has 1 amide bonds. The van der Waals surface area contributed by atoms with Crippen molar-refractivity contribution in [3.8, 4) is 0 Å². The van der Waals surface area contributed by atoms with Crippen LogP contribution in [0.25, 0.3) is 0 Å². The van der Waals surface area contributed by atoms with Crippen LogP contribution < -0.4 is 0 Å². The van der Waals surface area contributed by atoms with Crippen molar-refractivity contribution in [1.82, 2.24) is 19.7 Å². The van der Waals surface area contributed by atoms with Crippen LogP contribution in [-0.2, 0) is 17.8 Å². The lowest BCUT2D eigenvalue weighted by Crippen LogP contribution is -2.31. The summed E-state index contributed by atoms with van der Waals surface area (Å²) < 4.78 is 1.71. The summed E-state index contributed by atoms with van der Waals surface area (Å²) in [7, 11) is 0. The van der Waals surface area contributed by atoms with Crippen molar-refractivity contribution >= 4 is 5.91 Å². The zero-order chi connectivity index (χ0) is 16.1. The Kier molecular flexibility index (Phi) is 4.74. The van der Waals surface area contributed by atoms with Crippen LogP contribution in [0.3, 0.4) is 0 Å². The van der Waals surface area contributed by atoms with Crippen LogP contribution in [0, 0.1) is 5.41 Å². The molecule has 1 aliphatic heterocycles. The van der Waals surface area contributed by atoms with E-state index in [0.29, 0.717) is 13.0 Å². The van der Waals surface area contributed by atoms with Crippen LogP contribution in [0.4, 0.5) is 0 Å². The van der Waals surface area contributed by atoms with Gasteiger partial charge >= 0.3 is 0 Å². The van der Waals surface area contributed by atoms with Gasteiger partial charge in [-0.3, -0.25) is 9.48 Å². The molecule has 1 atom stereocenters. The number of rotatable bonds is 6. The molecule has 1 aromatic heterocycles. The molecule has 1 aromatic carbocycles. The predicted octanol–water partition coefficient (Wildman–Crippen LogP) is 2.54. The highest BCUT2D eigenvalue weighted by molar-refractivity contribution is 5.76. The molecule has 2 aromatic rings. The molecule has 1 aliphatic rings. The van der Waals surface area contributed by atoms with Gasteiger partial charge in [-0.15, -0.1) is 0 Å². The number of carbonyl (C=O) groups is 1. The average molecular weight is 312 g/mol. The van der Waals surface area contributed by atoms with E-state index in [4.69, 9.17) is 0 Å². The Balaban J connectivity index is 1.47. The van der Waals surface area contributed by atoms with E-state index in [1.165, 1.54) is 11.9 Å². The number of aromatic nitrogens is 3. The molecule has 0 saturated carbocycles. The Morgan fingerprint density at radius 1 is 1.30 bits per heavy atom. The molecule has 0 unspecified atom stereocenters. The molecule has 0 aliphatic carbocycles. The van der Waals surface area contributed by atoms with Gasteiger partial charge in [-0.05, 0) is 30.2 Å². The largest absolute Gasteiger partial charge is 0.342 e. The number of hydrogen-bond acceptors (Lipinski definition) is 3. The maximum absolute atomic E-state index is 12.4. The second-order valence-electron chi connectivity index (χ2n) is 6.77. The first-order valence-electron chi connectivity index (χ1n) is 8.29. The average Bonchev–Trinajstić information content (AvgIpc) is 3.22. The number of likely N-dealkylation sites (tertiary alicyclic amines) is 1. The van der Waals surface area contributed by atoms with Gasteiger partial charge in [-0.2, -0.15) is 5.10 Å².